The quantitative estimate of drug-likeness (QED) is 0.266. The smallest absolute Gasteiger partial charge is 0.192 e. The monoisotopic (exact) mass is 579 g/mol. The van der Waals surface area contributed by atoms with Crippen LogP contribution in [0.4, 0.5) is 0 Å². The molecular formula is C27H35Cl2N3O5Si. The third-order valence-corrected chi connectivity index (χ3v) is 12.9. The van der Waals surface area contributed by atoms with Crippen molar-refractivity contribution in [1.29, 1.82) is 0 Å². The molecule has 38 heavy (non-hydrogen) atoms. The molecule has 0 spiro atoms. The molecule has 2 aromatic heterocycles. The summed E-state index contributed by atoms with van der Waals surface area (Å²) in [5.74, 6) is -0.848. The van der Waals surface area contributed by atoms with Crippen molar-refractivity contribution in [2.45, 2.75) is 95.8 Å². The van der Waals surface area contributed by atoms with Gasteiger partial charge in [0, 0.05) is 11.2 Å². The molecule has 0 amide bonds. The minimum atomic E-state index is -2.04. The van der Waals surface area contributed by atoms with Gasteiger partial charge in [0.05, 0.1) is 12.0 Å². The molecule has 0 bridgehead atoms. The highest BCUT2D eigenvalue weighted by atomic mass is 35.5. The van der Waals surface area contributed by atoms with Gasteiger partial charge in [-0.1, -0.05) is 50.0 Å². The molecule has 1 unspecified atom stereocenters. The van der Waals surface area contributed by atoms with Gasteiger partial charge in [0.1, 0.15) is 41.5 Å². The highest BCUT2D eigenvalue weighted by Crippen LogP contribution is 2.48. The zero-order valence-corrected chi connectivity index (χ0v) is 25.2. The standard InChI is InChI=1S/C27H35Cl2N3O5Si/c1-26(2,3)38(6,7)34-13-15-12-16(28)8-9-17(15)19(33)20-21-22(37-27(4,5)36-21)25(35-20)32-11-10-18-23(29)30-14-31-24(18)32/h8-12,14,19-22,25,33H,13H2,1-7H3/t19?,20-,21-,22-,25-/m1/s1. The fraction of sp³-hybridized carbons (Fsp3) is 0.556. The van der Waals surface area contributed by atoms with Crippen molar-refractivity contribution in [2.24, 2.45) is 0 Å². The minimum absolute atomic E-state index is 0.0476. The zero-order valence-electron chi connectivity index (χ0n) is 22.7. The number of halogens is 2. The van der Waals surface area contributed by atoms with E-state index in [0.717, 1.165) is 5.56 Å². The predicted molar refractivity (Wildman–Crippen MR) is 149 cm³/mol. The van der Waals surface area contributed by atoms with Crippen molar-refractivity contribution in [1.82, 2.24) is 14.5 Å². The lowest BCUT2D eigenvalue weighted by atomic mass is 9.95. The van der Waals surface area contributed by atoms with Crippen molar-refractivity contribution in [2.75, 3.05) is 0 Å². The van der Waals surface area contributed by atoms with E-state index < -0.39 is 44.7 Å². The van der Waals surface area contributed by atoms with Gasteiger partial charge in [0.15, 0.2) is 20.3 Å². The first-order chi connectivity index (χ1) is 17.7. The number of fused-ring (bicyclic) bond motifs is 2. The molecule has 0 aliphatic carbocycles. The van der Waals surface area contributed by atoms with Gasteiger partial charge in [0.25, 0.3) is 0 Å². The van der Waals surface area contributed by atoms with E-state index in [0.29, 0.717) is 33.4 Å². The van der Waals surface area contributed by atoms with E-state index in [1.54, 1.807) is 6.07 Å². The fourth-order valence-electron chi connectivity index (χ4n) is 4.87. The van der Waals surface area contributed by atoms with Crippen LogP contribution in [0.25, 0.3) is 11.0 Å². The van der Waals surface area contributed by atoms with Crippen LogP contribution in [0.5, 0.6) is 0 Å². The molecule has 4 heterocycles. The SMILES string of the molecule is CC1(C)O[C@@H]2[C@H](O1)[C@@H](C(O)c1ccc(Cl)cc1CO[Si](C)(C)C(C)(C)C)O[C@H]2n1ccc2c(Cl)ncnc21. The number of benzene rings is 1. The molecule has 2 fully saturated rings. The minimum Gasteiger partial charge on any atom is -0.413 e. The Morgan fingerprint density at radius 2 is 1.84 bits per heavy atom. The van der Waals surface area contributed by atoms with Gasteiger partial charge in [-0.25, -0.2) is 9.97 Å². The first-order valence-corrected chi connectivity index (χ1v) is 16.4. The summed E-state index contributed by atoms with van der Waals surface area (Å²) < 4.78 is 27.4. The van der Waals surface area contributed by atoms with E-state index in [1.165, 1.54) is 6.33 Å². The van der Waals surface area contributed by atoms with Crippen LogP contribution in [0.1, 0.15) is 58.1 Å². The summed E-state index contributed by atoms with van der Waals surface area (Å²) in [4.78, 5) is 8.49. The number of aliphatic hydroxyl groups excluding tert-OH is 1. The van der Waals surface area contributed by atoms with E-state index in [1.807, 2.05) is 42.8 Å². The summed E-state index contributed by atoms with van der Waals surface area (Å²) in [7, 11) is -2.04. The Hall–Kier alpha value is -1.56. The first-order valence-electron chi connectivity index (χ1n) is 12.8. The second kappa shape index (κ2) is 9.81. The Morgan fingerprint density at radius 1 is 1.13 bits per heavy atom. The van der Waals surface area contributed by atoms with Gasteiger partial charge < -0.3 is 28.3 Å². The molecule has 0 saturated carbocycles. The number of hydrogen-bond donors (Lipinski definition) is 1. The third kappa shape index (κ3) is 5.04. The fourth-order valence-corrected chi connectivity index (χ4v) is 6.21. The summed E-state index contributed by atoms with van der Waals surface area (Å²) in [6, 6.07) is 7.30. The molecule has 206 valence electrons. The van der Waals surface area contributed by atoms with E-state index >= 15 is 0 Å². The van der Waals surface area contributed by atoms with Gasteiger partial charge in [-0.15, -0.1) is 0 Å². The lowest BCUT2D eigenvalue weighted by Gasteiger charge is -2.36. The summed E-state index contributed by atoms with van der Waals surface area (Å²) in [5.41, 5.74) is 2.13. The van der Waals surface area contributed by atoms with E-state index in [2.05, 4.69) is 43.8 Å². The van der Waals surface area contributed by atoms with Crippen molar-refractivity contribution >= 4 is 42.6 Å². The van der Waals surface area contributed by atoms with E-state index in [9.17, 15) is 5.11 Å². The summed E-state index contributed by atoms with van der Waals surface area (Å²) in [5, 5.41) is 13.5. The molecule has 1 aromatic carbocycles. The normalized spacial score (nSPS) is 26.2. The molecule has 11 heteroatoms. The Balaban J connectivity index is 1.48. The van der Waals surface area contributed by atoms with Gasteiger partial charge in [0.2, 0.25) is 0 Å². The number of ether oxygens (including phenoxy) is 3. The second-order valence-electron chi connectivity index (χ2n) is 12.0. The van der Waals surface area contributed by atoms with E-state index in [-0.39, 0.29) is 5.04 Å². The maximum atomic E-state index is 11.8. The van der Waals surface area contributed by atoms with Gasteiger partial charge in [-0.3, -0.25) is 0 Å². The van der Waals surface area contributed by atoms with Crippen molar-refractivity contribution < 1.29 is 23.7 Å². The number of rotatable bonds is 6. The summed E-state index contributed by atoms with van der Waals surface area (Å²) >= 11 is 12.7. The molecule has 5 rings (SSSR count). The maximum Gasteiger partial charge on any atom is 0.192 e. The van der Waals surface area contributed by atoms with Crippen LogP contribution in [0.2, 0.25) is 28.3 Å². The lowest BCUT2D eigenvalue weighted by molar-refractivity contribution is -0.207. The van der Waals surface area contributed by atoms with Gasteiger partial charge in [-0.2, -0.15) is 0 Å². The summed E-state index contributed by atoms with van der Waals surface area (Å²) in [6.07, 6.45) is -0.0633. The van der Waals surface area contributed by atoms with Crippen molar-refractivity contribution in [3.63, 3.8) is 0 Å². The number of aliphatic hydroxyl groups is 1. The Kier molecular flexibility index (Phi) is 7.23. The van der Waals surface area contributed by atoms with Gasteiger partial charge in [-0.05, 0) is 61.3 Å². The Morgan fingerprint density at radius 3 is 2.55 bits per heavy atom. The van der Waals surface area contributed by atoms with Crippen LogP contribution in [0, 0.1) is 0 Å². The molecular weight excluding hydrogens is 545 g/mol. The molecule has 0 radical (unpaired) electrons. The number of aromatic nitrogens is 3. The Bertz CT molecular complexity index is 1340. The zero-order chi connectivity index (χ0) is 27.6. The van der Waals surface area contributed by atoms with Crippen LogP contribution in [0.3, 0.4) is 0 Å². The number of nitrogens with zero attached hydrogens (tertiary/aromatic N) is 3. The molecule has 1 N–H and O–H groups in total. The highest BCUT2D eigenvalue weighted by molar-refractivity contribution is 6.74. The van der Waals surface area contributed by atoms with Crippen molar-refractivity contribution in [3.05, 3.63) is 58.1 Å². The van der Waals surface area contributed by atoms with Gasteiger partial charge >= 0.3 is 0 Å². The largest absolute Gasteiger partial charge is 0.413 e. The molecule has 2 saturated heterocycles. The first kappa shape index (κ1) is 28.0. The van der Waals surface area contributed by atoms with Crippen LogP contribution < -0.4 is 0 Å². The van der Waals surface area contributed by atoms with Crippen LogP contribution in [-0.2, 0) is 25.2 Å². The van der Waals surface area contributed by atoms with Crippen molar-refractivity contribution in [3.8, 4) is 0 Å². The highest BCUT2D eigenvalue weighted by Gasteiger charge is 2.58. The second-order valence-corrected chi connectivity index (χ2v) is 17.6. The topological polar surface area (TPSA) is 87.9 Å². The lowest BCUT2D eigenvalue weighted by Crippen LogP contribution is -2.40. The van der Waals surface area contributed by atoms with Crippen LogP contribution in [0.15, 0.2) is 36.8 Å². The number of hydrogen-bond acceptors (Lipinski definition) is 7. The Labute approximate surface area is 234 Å². The maximum absolute atomic E-state index is 11.8. The molecule has 5 atom stereocenters. The molecule has 3 aromatic rings. The molecule has 2 aliphatic heterocycles. The molecule has 8 nitrogen and oxygen atoms in total. The average Bonchev–Trinajstić information content (AvgIpc) is 3.48. The predicted octanol–water partition coefficient (Wildman–Crippen LogP) is 6.41. The van der Waals surface area contributed by atoms with Crippen LogP contribution >= 0.6 is 23.2 Å². The molecule has 2 aliphatic rings. The average molecular weight is 581 g/mol. The van der Waals surface area contributed by atoms with E-state index in [4.69, 9.17) is 41.8 Å². The summed E-state index contributed by atoms with van der Waals surface area (Å²) in [6.45, 7) is 15.1. The third-order valence-electron chi connectivity index (χ3n) is 7.93. The van der Waals surface area contributed by atoms with Crippen LogP contribution in [-0.4, -0.2) is 52.1 Å².